The summed E-state index contributed by atoms with van der Waals surface area (Å²) >= 11 is 0. The lowest BCUT2D eigenvalue weighted by molar-refractivity contribution is -0.629. The van der Waals surface area contributed by atoms with Gasteiger partial charge in [0.25, 0.3) is 17.2 Å². The average Bonchev–Trinajstić information content (AvgIpc) is 2.42. The summed E-state index contributed by atoms with van der Waals surface area (Å²) in [7, 11) is -2.90. The fraction of sp³-hybridized carbons (Fsp3) is 0.0909. The zero-order valence-electron chi connectivity index (χ0n) is 12.4. The highest BCUT2D eigenvalue weighted by molar-refractivity contribution is 5.78. The van der Waals surface area contributed by atoms with Crippen molar-refractivity contribution in [2.75, 3.05) is 7.04 Å². The smallest absolute Gasteiger partial charge is 0.427 e. The molecule has 0 bridgehead atoms. The van der Waals surface area contributed by atoms with E-state index in [0.717, 1.165) is 12.4 Å². The predicted octanol–water partition coefficient (Wildman–Crippen LogP) is -0.203. The van der Waals surface area contributed by atoms with Gasteiger partial charge in [0.1, 0.15) is 6.21 Å². The third kappa shape index (κ3) is 2.51. The van der Waals surface area contributed by atoms with Crippen molar-refractivity contribution < 1.29 is 23.1 Å². The van der Waals surface area contributed by atoms with Crippen molar-refractivity contribution in [1.82, 2.24) is 5.43 Å². The quantitative estimate of drug-likeness (QED) is 0.351. The largest absolute Gasteiger partial charge is 0.618 e. The second kappa shape index (κ2) is 5.17. The maximum absolute atomic E-state index is 12.0. The van der Waals surface area contributed by atoms with Crippen molar-refractivity contribution in [3.63, 3.8) is 0 Å². The molecule has 98 valence electrons. The molecular weight excluding hydrogens is 252 g/mol. The Morgan fingerprint density at radius 3 is 2.95 bits per heavy atom. The molecular formula is C11H10N4O4. The molecule has 19 heavy (non-hydrogen) atoms. The number of nitrogens with one attached hydrogen (secondary N) is 1. The lowest BCUT2D eigenvalue weighted by Crippen LogP contribution is -2.41. The summed E-state index contributed by atoms with van der Waals surface area (Å²) in [5, 5.41) is 27.1. The highest BCUT2D eigenvalue weighted by Crippen LogP contribution is 2.03. The SMILES string of the molecule is [2H]C([2H])([2H])OC(=O)NN=Cc1c[n+]([O-])c2ccccc2[n+]1[O-]. The van der Waals surface area contributed by atoms with Crippen molar-refractivity contribution >= 4 is 23.3 Å². The number of rotatable bonds is 2. The van der Waals surface area contributed by atoms with Gasteiger partial charge in [0.15, 0.2) is 0 Å². The van der Waals surface area contributed by atoms with E-state index in [1.54, 1.807) is 17.6 Å². The summed E-state index contributed by atoms with van der Waals surface area (Å²) in [6.45, 7) is 0. The van der Waals surface area contributed by atoms with Crippen molar-refractivity contribution in [3.05, 3.63) is 46.6 Å². The minimum absolute atomic E-state index is 0.117. The summed E-state index contributed by atoms with van der Waals surface area (Å²) in [4.78, 5) is 11.1. The number of aromatic nitrogens is 2. The second-order valence-corrected chi connectivity index (χ2v) is 3.42. The van der Waals surface area contributed by atoms with E-state index in [1.165, 1.54) is 12.1 Å². The van der Waals surface area contributed by atoms with E-state index in [2.05, 4.69) is 9.84 Å². The Morgan fingerprint density at radius 1 is 1.47 bits per heavy atom. The van der Waals surface area contributed by atoms with Gasteiger partial charge in [-0.1, -0.05) is 12.1 Å². The number of ether oxygens (including phenoxy) is 1. The Labute approximate surface area is 111 Å². The number of methoxy groups -OCH3 is 1. The first-order valence-electron chi connectivity index (χ1n) is 6.54. The molecule has 8 nitrogen and oxygen atoms in total. The molecule has 0 radical (unpaired) electrons. The molecule has 0 fully saturated rings. The van der Waals surface area contributed by atoms with Crippen LogP contribution in [0.15, 0.2) is 35.6 Å². The van der Waals surface area contributed by atoms with Gasteiger partial charge in [0.2, 0.25) is 0 Å². The Balaban J connectivity index is 2.20. The average molecular weight is 265 g/mol. The Kier molecular flexibility index (Phi) is 2.47. The normalized spacial score (nSPS) is 13.8. The van der Waals surface area contributed by atoms with Crippen LogP contribution in [0.4, 0.5) is 4.79 Å². The highest BCUT2D eigenvalue weighted by Gasteiger charge is 2.17. The number of benzene rings is 1. The van der Waals surface area contributed by atoms with Gasteiger partial charge in [0.05, 0.1) is 11.2 Å². The number of para-hydroxylation sites is 2. The summed E-state index contributed by atoms with van der Waals surface area (Å²) in [6, 6.07) is 6.12. The van der Waals surface area contributed by atoms with Crippen molar-refractivity contribution in [3.8, 4) is 0 Å². The van der Waals surface area contributed by atoms with Gasteiger partial charge in [-0.2, -0.15) is 14.6 Å². The van der Waals surface area contributed by atoms with Crippen molar-refractivity contribution in [1.29, 1.82) is 0 Å². The number of carbonyl (C=O) groups excluding carboxylic acids is 1. The van der Waals surface area contributed by atoms with Crippen molar-refractivity contribution in [2.45, 2.75) is 0 Å². The summed E-state index contributed by atoms with van der Waals surface area (Å²) in [5.41, 5.74) is 1.90. The highest BCUT2D eigenvalue weighted by atomic mass is 16.5. The molecule has 2 rings (SSSR count). The number of nitrogens with zero attached hydrogens (tertiary/aromatic N) is 3. The van der Waals surface area contributed by atoms with E-state index in [-0.39, 0.29) is 16.7 Å². The molecule has 1 aromatic heterocycles. The number of amides is 1. The lowest BCUT2D eigenvalue weighted by Gasteiger charge is -2.05. The van der Waals surface area contributed by atoms with Crippen LogP contribution in [0.3, 0.4) is 0 Å². The summed E-state index contributed by atoms with van der Waals surface area (Å²) in [6.07, 6.45) is 0.550. The predicted molar refractivity (Wildman–Crippen MR) is 65.0 cm³/mol. The molecule has 2 aromatic rings. The molecule has 0 aliphatic rings. The molecule has 0 aliphatic heterocycles. The molecule has 1 aromatic carbocycles. The van der Waals surface area contributed by atoms with Crippen LogP contribution < -0.4 is 14.9 Å². The molecule has 0 saturated heterocycles. The summed E-state index contributed by atoms with van der Waals surface area (Å²) in [5.74, 6) is 0. The van der Waals surface area contributed by atoms with Gasteiger partial charge < -0.3 is 15.2 Å². The van der Waals surface area contributed by atoms with Gasteiger partial charge in [-0.25, -0.2) is 10.2 Å². The van der Waals surface area contributed by atoms with E-state index in [9.17, 15) is 15.2 Å². The zero-order valence-corrected chi connectivity index (χ0v) is 9.44. The first-order chi connectivity index (χ1) is 10.3. The van der Waals surface area contributed by atoms with Crippen LogP contribution in [0.25, 0.3) is 11.0 Å². The van der Waals surface area contributed by atoms with Gasteiger partial charge in [-0.05, 0) is 0 Å². The number of hydrogen-bond donors (Lipinski definition) is 1. The fourth-order valence-corrected chi connectivity index (χ4v) is 1.46. The van der Waals surface area contributed by atoms with Crippen LogP contribution >= 0.6 is 0 Å². The first-order valence-corrected chi connectivity index (χ1v) is 5.04. The van der Waals surface area contributed by atoms with Crippen molar-refractivity contribution in [2.24, 2.45) is 5.10 Å². The Bertz CT molecular complexity index is 748. The third-order valence-corrected chi connectivity index (χ3v) is 2.27. The fourth-order valence-electron chi connectivity index (χ4n) is 1.46. The molecule has 0 unspecified atom stereocenters. The topological polar surface area (TPSA) is 105 Å². The van der Waals surface area contributed by atoms with E-state index < -0.39 is 13.1 Å². The van der Waals surface area contributed by atoms with E-state index in [4.69, 9.17) is 4.11 Å². The van der Waals surface area contributed by atoms with Crippen LogP contribution in [-0.4, -0.2) is 19.3 Å². The zero-order chi connectivity index (χ0) is 16.3. The maximum Gasteiger partial charge on any atom is 0.427 e. The molecule has 1 amide bonds. The number of fused-ring (bicyclic) bond motifs is 1. The van der Waals surface area contributed by atoms with Gasteiger partial charge in [0, 0.05) is 12.1 Å². The third-order valence-electron chi connectivity index (χ3n) is 2.27. The van der Waals surface area contributed by atoms with Crippen LogP contribution in [0.1, 0.15) is 9.81 Å². The van der Waals surface area contributed by atoms with Gasteiger partial charge >= 0.3 is 11.8 Å². The standard InChI is InChI=1S/C11H10N4O4/c1-19-11(16)13-12-6-8-7-14(17)9-4-2-3-5-10(9)15(8)18/h2-7H,1H3,(H,13,16)/i1D3. The molecule has 1 heterocycles. The molecule has 0 saturated carbocycles. The molecule has 8 heteroatoms. The number of carbonyl (C=O) groups is 1. The monoisotopic (exact) mass is 265 g/mol. The van der Waals surface area contributed by atoms with Gasteiger partial charge in [-0.3, -0.25) is 0 Å². The van der Waals surface area contributed by atoms with Crippen LogP contribution in [0, 0.1) is 10.4 Å². The van der Waals surface area contributed by atoms with Gasteiger partial charge in [-0.15, -0.1) is 0 Å². The van der Waals surface area contributed by atoms with Crippen LogP contribution in [-0.2, 0) is 4.74 Å². The van der Waals surface area contributed by atoms with E-state index >= 15 is 0 Å². The minimum Gasteiger partial charge on any atom is -0.618 e. The van der Waals surface area contributed by atoms with E-state index in [0.29, 0.717) is 9.46 Å². The summed E-state index contributed by atoms with van der Waals surface area (Å²) < 4.78 is 25.1. The van der Waals surface area contributed by atoms with E-state index in [1.807, 2.05) is 0 Å². The number of hydrogen-bond acceptors (Lipinski definition) is 5. The molecule has 0 spiro atoms. The Morgan fingerprint density at radius 2 is 2.21 bits per heavy atom. The second-order valence-electron chi connectivity index (χ2n) is 3.42. The minimum atomic E-state index is -2.90. The first kappa shape index (κ1) is 9.09. The molecule has 1 N–H and O–H groups in total. The molecule has 0 aliphatic carbocycles. The number of hydrazone groups is 1. The van der Waals surface area contributed by atoms with Crippen LogP contribution in [0.5, 0.6) is 0 Å². The van der Waals surface area contributed by atoms with Crippen LogP contribution in [0.2, 0.25) is 0 Å². The lowest BCUT2D eigenvalue weighted by atomic mass is 10.3. The maximum atomic E-state index is 12.0. The Hall–Kier alpha value is -2.90. The molecule has 0 atom stereocenters.